The Kier molecular flexibility index (Phi) is 4.71. The van der Waals surface area contributed by atoms with Crippen molar-refractivity contribution in [3.05, 3.63) is 29.3 Å². The molecule has 1 aromatic carbocycles. The van der Waals surface area contributed by atoms with Crippen molar-refractivity contribution in [3.8, 4) is 0 Å². The molecule has 0 heterocycles. The summed E-state index contributed by atoms with van der Waals surface area (Å²) in [6, 6.07) is 5.47. The monoisotopic (exact) mass is 255 g/mol. The number of benzene rings is 1. The van der Waals surface area contributed by atoms with Gasteiger partial charge < -0.3 is 0 Å². The molecule has 96 valence electrons. The largest absolute Gasteiger partial charge is 0.240 e. The second-order valence-corrected chi connectivity index (χ2v) is 6.58. The van der Waals surface area contributed by atoms with Crippen LogP contribution in [0.1, 0.15) is 31.4 Å². The average molecular weight is 255 g/mol. The van der Waals surface area contributed by atoms with Crippen molar-refractivity contribution in [3.63, 3.8) is 0 Å². The van der Waals surface area contributed by atoms with Crippen LogP contribution in [0.3, 0.4) is 0 Å². The molecule has 0 saturated carbocycles. The van der Waals surface area contributed by atoms with E-state index in [0.717, 1.165) is 17.5 Å². The van der Waals surface area contributed by atoms with Gasteiger partial charge in [0.25, 0.3) is 0 Å². The predicted octanol–water partition coefficient (Wildman–Crippen LogP) is 2.63. The quantitative estimate of drug-likeness (QED) is 0.879. The second kappa shape index (κ2) is 5.65. The Hall–Kier alpha value is -0.870. The topological polar surface area (TPSA) is 46.2 Å². The Bertz CT molecular complexity index is 478. The molecule has 0 fully saturated rings. The van der Waals surface area contributed by atoms with Crippen LogP contribution in [-0.4, -0.2) is 15.0 Å². The number of aryl methyl sites for hydroxylation is 2. The minimum atomic E-state index is -3.36. The van der Waals surface area contributed by atoms with E-state index in [0.29, 0.717) is 17.4 Å². The Labute approximate surface area is 104 Å². The van der Waals surface area contributed by atoms with E-state index in [2.05, 4.69) is 18.6 Å². The zero-order valence-electron chi connectivity index (χ0n) is 10.9. The van der Waals surface area contributed by atoms with Crippen LogP contribution in [0.5, 0.6) is 0 Å². The molecule has 4 heteroatoms. The lowest BCUT2D eigenvalue weighted by molar-refractivity contribution is 0.551. The molecule has 0 spiro atoms. The van der Waals surface area contributed by atoms with Gasteiger partial charge in [-0.25, -0.2) is 13.1 Å². The first kappa shape index (κ1) is 14.2. The van der Waals surface area contributed by atoms with Gasteiger partial charge in [-0.05, 0) is 43.4 Å². The van der Waals surface area contributed by atoms with Gasteiger partial charge >= 0.3 is 0 Å². The van der Waals surface area contributed by atoms with E-state index in [1.54, 1.807) is 6.07 Å². The fourth-order valence-corrected chi connectivity index (χ4v) is 2.93. The summed E-state index contributed by atoms with van der Waals surface area (Å²) in [4.78, 5) is 0.390. The van der Waals surface area contributed by atoms with Crippen LogP contribution in [0.2, 0.25) is 0 Å². The highest BCUT2D eigenvalue weighted by molar-refractivity contribution is 7.89. The molecule has 17 heavy (non-hydrogen) atoms. The lowest BCUT2D eigenvalue weighted by Gasteiger charge is -2.11. The molecule has 0 radical (unpaired) electrons. The smallest absolute Gasteiger partial charge is 0.211 e. The SMILES string of the molecule is Cc1ccc(C)c(S(=O)(=O)NCCC(C)C)c1. The van der Waals surface area contributed by atoms with Crippen molar-refractivity contribution >= 4 is 10.0 Å². The Morgan fingerprint density at radius 3 is 2.47 bits per heavy atom. The summed E-state index contributed by atoms with van der Waals surface area (Å²) in [7, 11) is -3.36. The molecule has 1 rings (SSSR count). The first-order valence-corrected chi connectivity index (χ1v) is 7.38. The molecule has 0 saturated heterocycles. The van der Waals surface area contributed by atoms with Crippen molar-refractivity contribution in [1.29, 1.82) is 0 Å². The number of hydrogen-bond acceptors (Lipinski definition) is 2. The Morgan fingerprint density at radius 2 is 1.88 bits per heavy atom. The molecule has 0 aromatic heterocycles. The van der Waals surface area contributed by atoms with Crippen LogP contribution in [0.4, 0.5) is 0 Å². The highest BCUT2D eigenvalue weighted by atomic mass is 32.2. The van der Waals surface area contributed by atoms with E-state index < -0.39 is 10.0 Å². The van der Waals surface area contributed by atoms with E-state index in [1.807, 2.05) is 26.0 Å². The second-order valence-electron chi connectivity index (χ2n) is 4.85. The van der Waals surface area contributed by atoms with Crippen LogP contribution >= 0.6 is 0 Å². The van der Waals surface area contributed by atoms with Crippen LogP contribution < -0.4 is 4.72 Å². The molecule has 3 nitrogen and oxygen atoms in total. The molecule has 0 aliphatic rings. The van der Waals surface area contributed by atoms with Crippen LogP contribution in [0, 0.1) is 19.8 Å². The number of rotatable bonds is 5. The molecule has 0 bridgehead atoms. The fourth-order valence-electron chi connectivity index (χ4n) is 1.56. The van der Waals surface area contributed by atoms with E-state index >= 15 is 0 Å². The minimum Gasteiger partial charge on any atom is -0.211 e. The lowest BCUT2D eigenvalue weighted by atomic mass is 10.1. The molecule has 0 aliphatic heterocycles. The number of nitrogens with one attached hydrogen (secondary N) is 1. The third-order valence-electron chi connectivity index (χ3n) is 2.65. The summed E-state index contributed by atoms with van der Waals surface area (Å²) >= 11 is 0. The first-order valence-electron chi connectivity index (χ1n) is 5.90. The zero-order valence-corrected chi connectivity index (χ0v) is 11.8. The normalized spacial score (nSPS) is 12.1. The van der Waals surface area contributed by atoms with Crippen molar-refractivity contribution in [2.24, 2.45) is 5.92 Å². The first-order chi connectivity index (χ1) is 7.83. The van der Waals surface area contributed by atoms with Crippen LogP contribution in [0.25, 0.3) is 0 Å². The van der Waals surface area contributed by atoms with Gasteiger partial charge in [0.05, 0.1) is 4.90 Å². The molecular formula is C13H21NO2S. The third-order valence-corrected chi connectivity index (χ3v) is 4.25. The van der Waals surface area contributed by atoms with Crippen molar-refractivity contribution in [2.75, 3.05) is 6.54 Å². The highest BCUT2D eigenvalue weighted by Crippen LogP contribution is 2.16. The van der Waals surface area contributed by atoms with Gasteiger partial charge in [-0.2, -0.15) is 0 Å². The van der Waals surface area contributed by atoms with Crippen molar-refractivity contribution in [2.45, 2.75) is 39.0 Å². The zero-order chi connectivity index (χ0) is 13.1. The Balaban J connectivity index is 2.86. The molecule has 0 unspecified atom stereocenters. The molecule has 0 amide bonds. The summed E-state index contributed by atoms with van der Waals surface area (Å²) in [5.74, 6) is 0.497. The van der Waals surface area contributed by atoms with Gasteiger partial charge in [0.2, 0.25) is 10.0 Å². The van der Waals surface area contributed by atoms with Crippen LogP contribution in [0.15, 0.2) is 23.1 Å². The van der Waals surface area contributed by atoms with E-state index in [4.69, 9.17) is 0 Å². The number of sulfonamides is 1. The van der Waals surface area contributed by atoms with Gasteiger partial charge in [-0.3, -0.25) is 0 Å². The fraction of sp³-hybridized carbons (Fsp3) is 0.538. The molecular weight excluding hydrogens is 234 g/mol. The van der Waals surface area contributed by atoms with Crippen LogP contribution in [-0.2, 0) is 10.0 Å². The summed E-state index contributed by atoms with van der Waals surface area (Å²) < 4.78 is 26.8. The summed E-state index contributed by atoms with van der Waals surface area (Å²) in [5, 5.41) is 0. The molecule has 1 aromatic rings. The lowest BCUT2D eigenvalue weighted by Crippen LogP contribution is -2.26. The average Bonchev–Trinajstić information content (AvgIpc) is 2.20. The maximum Gasteiger partial charge on any atom is 0.240 e. The summed E-state index contributed by atoms with van der Waals surface area (Å²) in [6.07, 6.45) is 0.851. The van der Waals surface area contributed by atoms with Gasteiger partial charge in [-0.15, -0.1) is 0 Å². The standard InChI is InChI=1S/C13H21NO2S/c1-10(2)7-8-14-17(15,16)13-9-11(3)5-6-12(13)4/h5-6,9-10,14H,7-8H2,1-4H3. The third kappa shape index (κ3) is 4.13. The van der Waals surface area contributed by atoms with Gasteiger partial charge in [0, 0.05) is 6.54 Å². The van der Waals surface area contributed by atoms with E-state index in [9.17, 15) is 8.42 Å². The highest BCUT2D eigenvalue weighted by Gasteiger charge is 2.16. The van der Waals surface area contributed by atoms with Gasteiger partial charge in [0.15, 0.2) is 0 Å². The summed E-state index contributed by atoms with van der Waals surface area (Å²) in [6.45, 7) is 8.36. The van der Waals surface area contributed by atoms with Crippen molar-refractivity contribution in [1.82, 2.24) is 4.72 Å². The number of hydrogen-bond donors (Lipinski definition) is 1. The minimum absolute atomic E-state index is 0.390. The molecule has 1 N–H and O–H groups in total. The van der Waals surface area contributed by atoms with Crippen molar-refractivity contribution < 1.29 is 8.42 Å². The van der Waals surface area contributed by atoms with Gasteiger partial charge in [0.1, 0.15) is 0 Å². The predicted molar refractivity (Wildman–Crippen MR) is 70.6 cm³/mol. The maximum absolute atomic E-state index is 12.1. The Morgan fingerprint density at radius 1 is 1.24 bits per heavy atom. The maximum atomic E-state index is 12.1. The van der Waals surface area contributed by atoms with E-state index in [-0.39, 0.29) is 0 Å². The molecule has 0 atom stereocenters. The van der Waals surface area contributed by atoms with Gasteiger partial charge in [-0.1, -0.05) is 26.0 Å². The van der Waals surface area contributed by atoms with E-state index in [1.165, 1.54) is 0 Å². The summed E-state index contributed by atoms with van der Waals surface area (Å²) in [5.41, 5.74) is 1.74. The molecule has 0 aliphatic carbocycles.